The van der Waals surface area contributed by atoms with Crippen LogP contribution in [0, 0.1) is 5.82 Å². The predicted octanol–water partition coefficient (Wildman–Crippen LogP) is 2.99. The van der Waals surface area contributed by atoms with Gasteiger partial charge in [-0.3, -0.25) is 4.68 Å². The molecule has 2 rings (SSSR count). The fourth-order valence-corrected chi connectivity index (χ4v) is 1.89. The third-order valence-corrected chi connectivity index (χ3v) is 2.98. The van der Waals surface area contributed by atoms with Crippen molar-refractivity contribution in [1.29, 1.82) is 0 Å². The highest BCUT2D eigenvalue weighted by Crippen LogP contribution is 2.23. The van der Waals surface area contributed by atoms with Crippen LogP contribution in [0.1, 0.15) is 26.3 Å². The quantitative estimate of drug-likeness (QED) is 0.889. The zero-order valence-corrected chi connectivity index (χ0v) is 12.8. The molecule has 1 N–H and O–H groups in total. The van der Waals surface area contributed by atoms with Gasteiger partial charge in [0, 0.05) is 30.0 Å². The number of nitrogens with zero attached hydrogens (tertiary/aromatic N) is 2. The van der Waals surface area contributed by atoms with E-state index in [1.165, 1.54) is 6.07 Å². The van der Waals surface area contributed by atoms with Gasteiger partial charge >= 0.3 is 0 Å². The van der Waals surface area contributed by atoms with Crippen molar-refractivity contribution in [3.05, 3.63) is 48.0 Å². The molecule has 21 heavy (non-hydrogen) atoms. The normalized spacial score (nSPS) is 11.6. The Morgan fingerprint density at radius 1 is 1.29 bits per heavy atom. The van der Waals surface area contributed by atoms with Crippen molar-refractivity contribution in [2.45, 2.75) is 39.4 Å². The standard InChI is InChI=1S/C16H22FN3O/c1-16(2,3)18-12-13-6-4-7-14(17)15(13)21-11-10-20-9-5-8-19-20/h4-9,18H,10-12H2,1-3H3. The molecule has 4 nitrogen and oxygen atoms in total. The summed E-state index contributed by atoms with van der Waals surface area (Å²) in [4.78, 5) is 0. The van der Waals surface area contributed by atoms with E-state index < -0.39 is 0 Å². The molecule has 1 heterocycles. The van der Waals surface area contributed by atoms with Crippen LogP contribution >= 0.6 is 0 Å². The van der Waals surface area contributed by atoms with Crippen LogP contribution in [0.15, 0.2) is 36.7 Å². The molecule has 2 aromatic rings. The smallest absolute Gasteiger partial charge is 0.165 e. The number of hydrogen-bond donors (Lipinski definition) is 1. The van der Waals surface area contributed by atoms with Crippen LogP contribution in [0.3, 0.4) is 0 Å². The SMILES string of the molecule is CC(C)(C)NCc1cccc(F)c1OCCn1cccn1. The minimum Gasteiger partial charge on any atom is -0.488 e. The zero-order chi connectivity index (χ0) is 15.3. The van der Waals surface area contributed by atoms with Gasteiger partial charge in [0.2, 0.25) is 0 Å². The highest BCUT2D eigenvalue weighted by atomic mass is 19.1. The lowest BCUT2D eigenvalue weighted by Gasteiger charge is -2.21. The maximum atomic E-state index is 14.0. The van der Waals surface area contributed by atoms with Gasteiger partial charge in [-0.1, -0.05) is 12.1 Å². The Hall–Kier alpha value is -1.88. The second kappa shape index (κ2) is 6.72. The molecule has 114 valence electrons. The Bertz CT molecular complexity index is 561. The molecule has 0 aliphatic carbocycles. The van der Waals surface area contributed by atoms with Gasteiger partial charge in [-0.05, 0) is 32.9 Å². The van der Waals surface area contributed by atoms with Crippen LogP contribution in [0.25, 0.3) is 0 Å². The van der Waals surface area contributed by atoms with E-state index in [-0.39, 0.29) is 11.4 Å². The third-order valence-electron chi connectivity index (χ3n) is 2.98. The maximum absolute atomic E-state index is 14.0. The lowest BCUT2D eigenvalue weighted by Crippen LogP contribution is -2.35. The molecule has 0 spiro atoms. The first-order valence-corrected chi connectivity index (χ1v) is 7.08. The Morgan fingerprint density at radius 2 is 2.10 bits per heavy atom. The minimum absolute atomic E-state index is 0.0291. The number of para-hydroxylation sites is 1. The molecule has 0 amide bonds. The zero-order valence-electron chi connectivity index (χ0n) is 12.8. The summed E-state index contributed by atoms with van der Waals surface area (Å²) in [5.41, 5.74) is 0.795. The number of halogens is 1. The molecule has 0 unspecified atom stereocenters. The van der Waals surface area contributed by atoms with E-state index in [1.54, 1.807) is 16.9 Å². The Morgan fingerprint density at radius 3 is 2.76 bits per heavy atom. The molecule has 0 saturated carbocycles. The molecule has 1 aromatic carbocycles. The van der Waals surface area contributed by atoms with Crippen molar-refractivity contribution in [1.82, 2.24) is 15.1 Å². The van der Waals surface area contributed by atoms with Gasteiger partial charge in [-0.25, -0.2) is 4.39 Å². The number of ether oxygens (including phenoxy) is 1. The second-order valence-corrected chi connectivity index (χ2v) is 5.95. The monoisotopic (exact) mass is 291 g/mol. The predicted molar refractivity (Wildman–Crippen MR) is 80.7 cm³/mol. The van der Waals surface area contributed by atoms with Gasteiger partial charge in [0.15, 0.2) is 11.6 Å². The maximum Gasteiger partial charge on any atom is 0.165 e. The van der Waals surface area contributed by atoms with Crippen molar-refractivity contribution < 1.29 is 9.13 Å². The van der Waals surface area contributed by atoms with Crippen molar-refractivity contribution in [3.63, 3.8) is 0 Å². The first kappa shape index (κ1) is 15.5. The summed E-state index contributed by atoms with van der Waals surface area (Å²) in [5.74, 6) is -0.00918. The lowest BCUT2D eigenvalue weighted by atomic mass is 10.1. The molecular weight excluding hydrogens is 269 g/mol. The summed E-state index contributed by atoms with van der Waals surface area (Å²) in [7, 11) is 0. The molecule has 0 aliphatic heterocycles. The first-order valence-electron chi connectivity index (χ1n) is 7.08. The summed E-state index contributed by atoms with van der Waals surface area (Å²) in [6.07, 6.45) is 3.56. The van der Waals surface area contributed by atoms with Gasteiger partial charge < -0.3 is 10.1 Å². The second-order valence-electron chi connectivity index (χ2n) is 5.95. The first-order chi connectivity index (χ1) is 9.96. The largest absolute Gasteiger partial charge is 0.488 e. The average Bonchev–Trinajstić information content (AvgIpc) is 2.91. The Balaban J connectivity index is 1.99. The molecule has 5 heteroatoms. The van der Waals surface area contributed by atoms with Crippen LogP contribution in [-0.4, -0.2) is 21.9 Å². The molecule has 0 saturated heterocycles. The summed E-state index contributed by atoms with van der Waals surface area (Å²) in [5, 5.41) is 7.44. The van der Waals surface area contributed by atoms with Crippen molar-refractivity contribution in [2.75, 3.05) is 6.61 Å². The fraction of sp³-hybridized carbons (Fsp3) is 0.438. The molecule has 1 aromatic heterocycles. The number of benzene rings is 1. The topological polar surface area (TPSA) is 39.1 Å². The lowest BCUT2D eigenvalue weighted by molar-refractivity contribution is 0.273. The molecule has 0 atom stereocenters. The van der Waals surface area contributed by atoms with Gasteiger partial charge in [0.1, 0.15) is 6.61 Å². The Labute approximate surface area is 124 Å². The van der Waals surface area contributed by atoms with E-state index in [9.17, 15) is 4.39 Å². The Kier molecular flexibility index (Phi) is 4.96. The highest BCUT2D eigenvalue weighted by Gasteiger charge is 2.13. The summed E-state index contributed by atoms with van der Waals surface area (Å²) in [6.45, 7) is 7.76. The number of nitrogens with one attached hydrogen (secondary N) is 1. The molecule has 0 bridgehead atoms. The van der Waals surface area contributed by atoms with Crippen LogP contribution < -0.4 is 10.1 Å². The summed E-state index contributed by atoms with van der Waals surface area (Å²) >= 11 is 0. The van der Waals surface area contributed by atoms with E-state index in [0.29, 0.717) is 25.4 Å². The van der Waals surface area contributed by atoms with Crippen molar-refractivity contribution in [3.8, 4) is 5.75 Å². The number of aromatic nitrogens is 2. The van der Waals surface area contributed by atoms with E-state index in [0.717, 1.165) is 5.56 Å². The van der Waals surface area contributed by atoms with Gasteiger partial charge in [-0.2, -0.15) is 5.10 Å². The van der Waals surface area contributed by atoms with E-state index >= 15 is 0 Å². The summed E-state index contributed by atoms with van der Waals surface area (Å²) < 4.78 is 21.3. The number of hydrogen-bond acceptors (Lipinski definition) is 3. The molecule has 0 fully saturated rings. The van der Waals surface area contributed by atoms with Crippen LogP contribution in [0.5, 0.6) is 5.75 Å². The van der Waals surface area contributed by atoms with Crippen molar-refractivity contribution >= 4 is 0 Å². The van der Waals surface area contributed by atoms with E-state index in [1.807, 2.05) is 18.3 Å². The summed E-state index contributed by atoms with van der Waals surface area (Å²) in [6, 6.07) is 6.85. The van der Waals surface area contributed by atoms with Gasteiger partial charge in [-0.15, -0.1) is 0 Å². The average molecular weight is 291 g/mol. The van der Waals surface area contributed by atoms with Crippen LogP contribution in [-0.2, 0) is 13.1 Å². The molecule has 0 radical (unpaired) electrons. The van der Waals surface area contributed by atoms with Gasteiger partial charge in [0.05, 0.1) is 6.54 Å². The number of rotatable bonds is 6. The van der Waals surface area contributed by atoms with E-state index in [4.69, 9.17) is 4.74 Å². The minimum atomic E-state index is -0.330. The van der Waals surface area contributed by atoms with Crippen molar-refractivity contribution in [2.24, 2.45) is 0 Å². The molecular formula is C16H22FN3O. The molecule has 0 aliphatic rings. The third kappa shape index (κ3) is 4.86. The fourth-order valence-electron chi connectivity index (χ4n) is 1.89. The van der Waals surface area contributed by atoms with E-state index in [2.05, 4.69) is 31.2 Å². The van der Waals surface area contributed by atoms with Crippen LogP contribution in [0.2, 0.25) is 0 Å². The van der Waals surface area contributed by atoms with Crippen LogP contribution in [0.4, 0.5) is 4.39 Å². The highest BCUT2D eigenvalue weighted by molar-refractivity contribution is 5.35. The van der Waals surface area contributed by atoms with Gasteiger partial charge in [0.25, 0.3) is 0 Å².